The molecule has 2 heterocycles. The smallest absolute Gasteiger partial charge is 0.416 e. The second kappa shape index (κ2) is 7.60. The summed E-state index contributed by atoms with van der Waals surface area (Å²) >= 11 is 0. The predicted molar refractivity (Wildman–Crippen MR) is 92.8 cm³/mol. The largest absolute Gasteiger partial charge is 0.463 e. The van der Waals surface area contributed by atoms with E-state index in [1.54, 1.807) is 12.1 Å². The summed E-state index contributed by atoms with van der Waals surface area (Å²) in [7, 11) is -4.19. The van der Waals surface area contributed by atoms with Crippen molar-refractivity contribution in [2.24, 2.45) is 0 Å². The van der Waals surface area contributed by atoms with Crippen molar-refractivity contribution in [1.82, 2.24) is 14.5 Å². The highest BCUT2D eigenvalue weighted by Gasteiger charge is 2.31. The van der Waals surface area contributed by atoms with Crippen molar-refractivity contribution in [1.29, 1.82) is 0 Å². The zero-order valence-corrected chi connectivity index (χ0v) is 15.0. The average molecular weight is 413 g/mol. The van der Waals surface area contributed by atoms with E-state index in [0.29, 0.717) is 17.5 Å². The normalized spacial score (nSPS) is 12.2. The molecule has 1 aromatic carbocycles. The Balaban J connectivity index is 1.73. The fourth-order valence-corrected chi connectivity index (χ4v) is 3.44. The van der Waals surface area contributed by atoms with Gasteiger partial charge in [-0.15, -0.1) is 0 Å². The number of hydrogen-bond acceptors (Lipinski definition) is 5. The van der Waals surface area contributed by atoms with Gasteiger partial charge in [-0.1, -0.05) is 6.07 Å². The van der Waals surface area contributed by atoms with Gasteiger partial charge in [-0.25, -0.2) is 17.8 Å². The molecule has 0 aliphatic carbocycles. The van der Waals surface area contributed by atoms with Crippen molar-refractivity contribution in [2.45, 2.75) is 17.6 Å². The van der Waals surface area contributed by atoms with Crippen LogP contribution in [0.2, 0.25) is 0 Å². The highest BCUT2D eigenvalue weighted by atomic mass is 32.2. The van der Waals surface area contributed by atoms with Crippen LogP contribution in [0.25, 0.3) is 11.5 Å². The molecule has 11 heteroatoms. The molecule has 0 saturated carbocycles. The van der Waals surface area contributed by atoms with Gasteiger partial charge in [-0.05, 0) is 36.4 Å². The van der Waals surface area contributed by atoms with Crippen LogP contribution in [0.15, 0.2) is 68.9 Å². The van der Waals surface area contributed by atoms with Crippen molar-refractivity contribution in [3.8, 4) is 11.5 Å². The van der Waals surface area contributed by atoms with E-state index in [2.05, 4.69) is 9.82 Å². The first-order valence-corrected chi connectivity index (χ1v) is 9.44. The van der Waals surface area contributed by atoms with Crippen LogP contribution in [-0.4, -0.2) is 24.7 Å². The van der Waals surface area contributed by atoms with Crippen LogP contribution in [0.3, 0.4) is 0 Å². The number of rotatable bonds is 6. The van der Waals surface area contributed by atoms with Crippen molar-refractivity contribution < 1.29 is 26.0 Å². The number of furan rings is 1. The Labute approximate surface area is 157 Å². The van der Waals surface area contributed by atoms with Gasteiger partial charge >= 0.3 is 6.18 Å². The first-order chi connectivity index (χ1) is 13.2. The number of nitrogens with zero attached hydrogens (tertiary/aromatic N) is 2. The Bertz CT molecular complexity index is 1120. The molecule has 0 atom stereocenters. The molecule has 2 aromatic heterocycles. The Morgan fingerprint density at radius 2 is 1.89 bits per heavy atom. The maximum Gasteiger partial charge on any atom is 0.416 e. The van der Waals surface area contributed by atoms with E-state index in [9.17, 15) is 26.4 Å². The summed E-state index contributed by atoms with van der Waals surface area (Å²) in [6.07, 6.45) is -3.22. The lowest BCUT2D eigenvalue weighted by atomic mass is 10.2. The molecule has 0 aliphatic rings. The molecule has 1 N–H and O–H groups in total. The van der Waals surface area contributed by atoms with Crippen LogP contribution in [0.4, 0.5) is 13.2 Å². The first-order valence-electron chi connectivity index (χ1n) is 7.96. The Hall–Kier alpha value is -2.92. The van der Waals surface area contributed by atoms with Crippen LogP contribution < -0.4 is 10.3 Å². The fraction of sp³-hybridized carbons (Fsp3) is 0.176. The van der Waals surface area contributed by atoms with Crippen molar-refractivity contribution >= 4 is 10.0 Å². The van der Waals surface area contributed by atoms with Gasteiger partial charge < -0.3 is 4.42 Å². The van der Waals surface area contributed by atoms with Crippen LogP contribution in [-0.2, 0) is 22.7 Å². The Morgan fingerprint density at radius 3 is 2.57 bits per heavy atom. The van der Waals surface area contributed by atoms with Gasteiger partial charge in [-0.2, -0.15) is 18.3 Å². The summed E-state index contributed by atoms with van der Waals surface area (Å²) in [6, 6.07) is 9.41. The molecule has 0 spiro atoms. The van der Waals surface area contributed by atoms with Crippen molar-refractivity contribution in [3.05, 3.63) is 70.7 Å². The monoisotopic (exact) mass is 413 g/mol. The molecule has 0 aliphatic heterocycles. The third-order valence-corrected chi connectivity index (χ3v) is 5.19. The summed E-state index contributed by atoms with van der Waals surface area (Å²) in [5.41, 5.74) is -1.15. The average Bonchev–Trinajstić information content (AvgIpc) is 3.17. The van der Waals surface area contributed by atoms with E-state index in [0.717, 1.165) is 22.9 Å². The first kappa shape index (κ1) is 19.8. The van der Waals surface area contributed by atoms with E-state index < -0.39 is 32.2 Å². The lowest BCUT2D eigenvalue weighted by Gasteiger charge is -2.11. The molecule has 0 amide bonds. The quantitative estimate of drug-likeness (QED) is 0.670. The molecule has 0 unspecified atom stereocenters. The van der Waals surface area contributed by atoms with E-state index in [-0.39, 0.29) is 13.1 Å². The standard InChI is InChI=1S/C17H14F3N3O4S/c18-17(19,20)12-3-1-4-13(11-12)28(25,26)21-8-9-23-16(24)7-6-14(22-23)15-5-2-10-27-15/h1-7,10-11,21H,8-9H2. The maximum absolute atomic E-state index is 12.8. The number of nitrogens with one attached hydrogen (secondary N) is 1. The highest BCUT2D eigenvalue weighted by Crippen LogP contribution is 2.30. The second-order valence-electron chi connectivity index (χ2n) is 5.68. The summed E-state index contributed by atoms with van der Waals surface area (Å²) in [5, 5.41) is 4.08. The SMILES string of the molecule is O=c1ccc(-c2ccco2)nn1CCNS(=O)(=O)c1cccc(C(F)(F)F)c1. The molecule has 7 nitrogen and oxygen atoms in total. The molecule has 0 bridgehead atoms. The number of aromatic nitrogens is 2. The number of hydrogen-bond donors (Lipinski definition) is 1. The molecular weight excluding hydrogens is 399 g/mol. The molecule has 28 heavy (non-hydrogen) atoms. The minimum Gasteiger partial charge on any atom is -0.463 e. The summed E-state index contributed by atoms with van der Waals surface area (Å²) in [5.74, 6) is 0.429. The number of alkyl halides is 3. The number of benzene rings is 1. The summed E-state index contributed by atoms with van der Waals surface area (Å²) < 4.78 is 71.1. The zero-order valence-electron chi connectivity index (χ0n) is 14.2. The van der Waals surface area contributed by atoms with Crippen LogP contribution in [0.1, 0.15) is 5.56 Å². The van der Waals surface area contributed by atoms with Gasteiger partial charge in [0.15, 0.2) is 5.76 Å². The molecule has 0 fully saturated rings. The van der Waals surface area contributed by atoms with Crippen LogP contribution in [0.5, 0.6) is 0 Å². The molecule has 0 saturated heterocycles. The summed E-state index contributed by atoms with van der Waals surface area (Å²) in [4.78, 5) is 11.4. The van der Waals surface area contributed by atoms with Gasteiger partial charge in [0.1, 0.15) is 5.69 Å². The third kappa shape index (κ3) is 4.49. The van der Waals surface area contributed by atoms with Gasteiger partial charge in [0.2, 0.25) is 10.0 Å². The molecule has 148 valence electrons. The van der Waals surface area contributed by atoms with E-state index in [1.807, 2.05) is 0 Å². The van der Waals surface area contributed by atoms with Crippen molar-refractivity contribution in [3.63, 3.8) is 0 Å². The maximum atomic E-state index is 12.8. The Kier molecular flexibility index (Phi) is 5.38. The van der Waals surface area contributed by atoms with Gasteiger partial charge in [0, 0.05) is 12.6 Å². The zero-order chi connectivity index (χ0) is 20.4. The number of sulfonamides is 1. The topological polar surface area (TPSA) is 94.2 Å². The number of halogens is 3. The van der Waals surface area contributed by atoms with Crippen LogP contribution in [0, 0.1) is 0 Å². The van der Waals surface area contributed by atoms with Gasteiger partial charge in [-0.3, -0.25) is 4.79 Å². The molecule has 3 aromatic rings. The Morgan fingerprint density at radius 1 is 1.11 bits per heavy atom. The fourth-order valence-electron chi connectivity index (χ4n) is 2.37. The minimum absolute atomic E-state index is 0.119. The molecule has 0 radical (unpaired) electrons. The third-order valence-electron chi connectivity index (χ3n) is 3.73. The highest BCUT2D eigenvalue weighted by molar-refractivity contribution is 7.89. The van der Waals surface area contributed by atoms with E-state index in [4.69, 9.17) is 4.42 Å². The van der Waals surface area contributed by atoms with Gasteiger partial charge in [0.25, 0.3) is 5.56 Å². The summed E-state index contributed by atoms with van der Waals surface area (Å²) in [6.45, 7) is -0.362. The van der Waals surface area contributed by atoms with E-state index in [1.165, 1.54) is 18.4 Å². The van der Waals surface area contributed by atoms with Gasteiger partial charge in [0.05, 0.1) is 23.3 Å². The molecule has 3 rings (SSSR count). The minimum atomic E-state index is -4.66. The predicted octanol–water partition coefficient (Wildman–Crippen LogP) is 2.50. The van der Waals surface area contributed by atoms with E-state index >= 15 is 0 Å². The second-order valence-corrected chi connectivity index (χ2v) is 7.45. The van der Waals surface area contributed by atoms with Crippen molar-refractivity contribution in [2.75, 3.05) is 6.54 Å². The molecular formula is C17H14F3N3O4S. The lowest BCUT2D eigenvalue weighted by molar-refractivity contribution is -0.137. The van der Waals surface area contributed by atoms with Crippen LogP contribution >= 0.6 is 0 Å². The lowest BCUT2D eigenvalue weighted by Crippen LogP contribution is -2.32.